The highest BCUT2D eigenvalue weighted by Crippen LogP contribution is 2.10. The van der Waals surface area contributed by atoms with Crippen molar-refractivity contribution in [3.05, 3.63) is 23.2 Å². The molecule has 2 atom stereocenters. The van der Waals surface area contributed by atoms with Crippen LogP contribution in [0.1, 0.15) is 44.1 Å². The molecular weight excluding hydrogens is 238 g/mol. The molecule has 2 unspecified atom stereocenters. The van der Waals surface area contributed by atoms with E-state index in [1.165, 1.54) is 12.4 Å². The highest BCUT2D eigenvalue weighted by atomic mass is 35.5. The van der Waals surface area contributed by atoms with Crippen LogP contribution < -0.4 is 5.32 Å². The lowest BCUT2D eigenvalue weighted by molar-refractivity contribution is 0.0930. The quantitative estimate of drug-likeness (QED) is 0.880. The summed E-state index contributed by atoms with van der Waals surface area (Å²) in [5, 5.41) is 3.12. The molecule has 0 saturated carbocycles. The third-order valence-electron chi connectivity index (χ3n) is 2.67. The normalized spacial score (nSPS) is 14.1. The molecule has 0 aliphatic carbocycles. The summed E-state index contributed by atoms with van der Waals surface area (Å²) in [4.78, 5) is 19.6. The highest BCUT2D eigenvalue weighted by molar-refractivity contribution is 6.29. The second-order valence-electron chi connectivity index (χ2n) is 4.35. The predicted octanol–water partition coefficient (Wildman–Crippen LogP) is 2.68. The fourth-order valence-corrected chi connectivity index (χ4v) is 1.73. The number of nitrogens with one attached hydrogen (secondary N) is 1. The zero-order valence-electron chi connectivity index (χ0n) is 10.4. The van der Waals surface area contributed by atoms with Crippen LogP contribution in [-0.4, -0.2) is 21.9 Å². The molecule has 17 heavy (non-hydrogen) atoms. The van der Waals surface area contributed by atoms with Crippen molar-refractivity contribution in [3.8, 4) is 0 Å². The molecular formula is C12H18ClN3O. The van der Waals surface area contributed by atoms with Crippen LogP contribution in [0.2, 0.25) is 5.15 Å². The second kappa shape index (κ2) is 6.55. The molecule has 4 nitrogen and oxygen atoms in total. The van der Waals surface area contributed by atoms with Gasteiger partial charge in [0, 0.05) is 6.04 Å². The van der Waals surface area contributed by atoms with Gasteiger partial charge in [-0.3, -0.25) is 9.78 Å². The van der Waals surface area contributed by atoms with Gasteiger partial charge in [-0.1, -0.05) is 31.9 Å². The van der Waals surface area contributed by atoms with Crippen LogP contribution in [0.4, 0.5) is 0 Å². The number of hydrogen-bond donors (Lipinski definition) is 1. The topological polar surface area (TPSA) is 54.9 Å². The smallest absolute Gasteiger partial charge is 0.271 e. The van der Waals surface area contributed by atoms with E-state index in [1.807, 2.05) is 6.92 Å². The minimum absolute atomic E-state index is 0.123. The van der Waals surface area contributed by atoms with E-state index in [2.05, 4.69) is 29.1 Å². The lowest BCUT2D eigenvalue weighted by Crippen LogP contribution is -2.34. The van der Waals surface area contributed by atoms with Gasteiger partial charge in [0.1, 0.15) is 10.8 Å². The van der Waals surface area contributed by atoms with Gasteiger partial charge >= 0.3 is 0 Å². The van der Waals surface area contributed by atoms with E-state index in [1.54, 1.807) is 0 Å². The van der Waals surface area contributed by atoms with Crippen LogP contribution in [0.15, 0.2) is 12.4 Å². The molecule has 1 amide bonds. The van der Waals surface area contributed by atoms with Crippen LogP contribution in [-0.2, 0) is 0 Å². The van der Waals surface area contributed by atoms with Crippen molar-refractivity contribution in [3.63, 3.8) is 0 Å². The Bertz CT molecular complexity index is 384. The molecule has 0 aromatic carbocycles. The molecule has 0 fully saturated rings. The number of nitrogens with zero attached hydrogens (tertiary/aromatic N) is 2. The lowest BCUT2D eigenvalue weighted by atomic mass is 10.0. The van der Waals surface area contributed by atoms with Crippen LogP contribution in [0.3, 0.4) is 0 Å². The van der Waals surface area contributed by atoms with Crippen molar-refractivity contribution in [2.75, 3.05) is 0 Å². The minimum atomic E-state index is -0.226. The molecule has 0 aliphatic heterocycles. The molecule has 1 N–H and O–H groups in total. The largest absolute Gasteiger partial charge is 0.348 e. The highest BCUT2D eigenvalue weighted by Gasteiger charge is 2.13. The van der Waals surface area contributed by atoms with Crippen molar-refractivity contribution in [2.24, 2.45) is 5.92 Å². The average molecular weight is 256 g/mol. The molecule has 0 aliphatic rings. The Morgan fingerprint density at radius 2 is 2.18 bits per heavy atom. The van der Waals surface area contributed by atoms with E-state index in [9.17, 15) is 4.79 Å². The van der Waals surface area contributed by atoms with Crippen molar-refractivity contribution < 1.29 is 4.79 Å². The summed E-state index contributed by atoms with van der Waals surface area (Å²) < 4.78 is 0. The molecule has 1 rings (SSSR count). The van der Waals surface area contributed by atoms with Gasteiger partial charge in [0.25, 0.3) is 5.91 Å². The summed E-state index contributed by atoms with van der Waals surface area (Å²) in [5.41, 5.74) is 0.258. The van der Waals surface area contributed by atoms with Crippen molar-refractivity contribution in [2.45, 2.75) is 39.7 Å². The van der Waals surface area contributed by atoms with E-state index in [0.717, 1.165) is 12.8 Å². The van der Waals surface area contributed by atoms with Gasteiger partial charge in [-0.15, -0.1) is 0 Å². The lowest BCUT2D eigenvalue weighted by Gasteiger charge is -2.17. The zero-order valence-corrected chi connectivity index (χ0v) is 11.2. The Morgan fingerprint density at radius 3 is 2.76 bits per heavy atom. The van der Waals surface area contributed by atoms with Gasteiger partial charge in [0.15, 0.2) is 0 Å². The first-order valence-corrected chi connectivity index (χ1v) is 6.19. The van der Waals surface area contributed by atoms with Gasteiger partial charge in [-0.05, 0) is 19.3 Å². The maximum absolute atomic E-state index is 11.8. The zero-order chi connectivity index (χ0) is 12.8. The summed E-state index contributed by atoms with van der Waals surface area (Å²) in [6, 6.07) is 0.123. The maximum atomic E-state index is 11.8. The summed E-state index contributed by atoms with van der Waals surface area (Å²) in [6.07, 6.45) is 4.88. The predicted molar refractivity (Wildman–Crippen MR) is 68.0 cm³/mol. The van der Waals surface area contributed by atoms with Crippen LogP contribution in [0, 0.1) is 5.92 Å². The Kier molecular flexibility index (Phi) is 5.35. The Morgan fingerprint density at radius 1 is 1.47 bits per heavy atom. The minimum Gasteiger partial charge on any atom is -0.348 e. The monoisotopic (exact) mass is 255 g/mol. The SMILES string of the molecule is CCC(C)CC(C)NC(=O)c1cncc(Cl)n1. The van der Waals surface area contributed by atoms with Gasteiger partial charge < -0.3 is 5.32 Å². The standard InChI is InChI=1S/C12H18ClN3O/c1-4-8(2)5-9(3)15-12(17)10-6-14-7-11(13)16-10/h6-9H,4-5H2,1-3H3,(H,15,17). The Hall–Kier alpha value is -1.16. The first kappa shape index (κ1) is 13.9. The Labute approximate surface area is 107 Å². The van der Waals surface area contributed by atoms with E-state index in [0.29, 0.717) is 5.92 Å². The molecule has 0 radical (unpaired) electrons. The first-order valence-electron chi connectivity index (χ1n) is 5.81. The molecule has 0 bridgehead atoms. The number of halogens is 1. The van der Waals surface area contributed by atoms with Crippen LogP contribution >= 0.6 is 11.6 Å². The van der Waals surface area contributed by atoms with E-state index >= 15 is 0 Å². The van der Waals surface area contributed by atoms with Crippen LogP contribution in [0.5, 0.6) is 0 Å². The first-order chi connectivity index (χ1) is 8.02. The molecule has 0 spiro atoms. The van der Waals surface area contributed by atoms with Crippen molar-refractivity contribution >= 4 is 17.5 Å². The third kappa shape index (κ3) is 4.69. The molecule has 1 heterocycles. The van der Waals surface area contributed by atoms with Crippen molar-refractivity contribution in [1.82, 2.24) is 15.3 Å². The summed E-state index contributed by atoms with van der Waals surface area (Å²) in [7, 11) is 0. The fraction of sp³-hybridized carbons (Fsp3) is 0.583. The average Bonchev–Trinajstić information content (AvgIpc) is 2.28. The van der Waals surface area contributed by atoms with Gasteiger partial charge in [0.05, 0.1) is 12.4 Å². The Balaban J connectivity index is 2.54. The van der Waals surface area contributed by atoms with Gasteiger partial charge in [0.2, 0.25) is 0 Å². The maximum Gasteiger partial charge on any atom is 0.271 e. The molecule has 5 heteroatoms. The van der Waals surface area contributed by atoms with Gasteiger partial charge in [-0.2, -0.15) is 0 Å². The van der Waals surface area contributed by atoms with Crippen molar-refractivity contribution in [1.29, 1.82) is 0 Å². The van der Waals surface area contributed by atoms with Gasteiger partial charge in [-0.25, -0.2) is 4.98 Å². The number of rotatable bonds is 5. The third-order valence-corrected chi connectivity index (χ3v) is 2.85. The van der Waals surface area contributed by atoms with E-state index < -0.39 is 0 Å². The number of carbonyl (C=O) groups is 1. The number of hydrogen-bond acceptors (Lipinski definition) is 3. The molecule has 1 aromatic heterocycles. The number of amides is 1. The van der Waals surface area contributed by atoms with Crippen LogP contribution in [0.25, 0.3) is 0 Å². The molecule has 1 aromatic rings. The number of aromatic nitrogens is 2. The summed E-state index contributed by atoms with van der Waals surface area (Å²) in [5.74, 6) is 0.367. The van der Waals surface area contributed by atoms with E-state index in [4.69, 9.17) is 11.6 Å². The second-order valence-corrected chi connectivity index (χ2v) is 4.74. The molecule has 94 valence electrons. The summed E-state index contributed by atoms with van der Waals surface area (Å²) >= 11 is 5.68. The molecule has 0 saturated heterocycles. The van der Waals surface area contributed by atoms with E-state index in [-0.39, 0.29) is 22.8 Å². The number of carbonyl (C=O) groups excluding carboxylic acids is 1. The summed E-state index contributed by atoms with van der Waals surface area (Å²) in [6.45, 7) is 6.30. The fourth-order valence-electron chi connectivity index (χ4n) is 1.58.